The predicted octanol–water partition coefficient (Wildman–Crippen LogP) is 1.91. The van der Waals surface area contributed by atoms with Crippen LogP contribution in [0.2, 0.25) is 5.02 Å². The van der Waals surface area contributed by atoms with Gasteiger partial charge < -0.3 is 25.4 Å². The summed E-state index contributed by atoms with van der Waals surface area (Å²) in [5, 5.41) is 25.8. The summed E-state index contributed by atoms with van der Waals surface area (Å²) < 4.78 is 83.2. The number of nitrogens with one attached hydrogen (secondary N) is 1. The molecule has 0 aliphatic carbocycles. The van der Waals surface area contributed by atoms with E-state index in [0.29, 0.717) is 5.56 Å². The average Bonchev–Trinajstić information content (AvgIpc) is 3.50. The minimum Gasteiger partial charge on any atom is -0.404 e. The van der Waals surface area contributed by atoms with Gasteiger partial charge in [0.1, 0.15) is 18.0 Å². The molecule has 6 atom stereocenters. The van der Waals surface area contributed by atoms with Crippen molar-refractivity contribution < 1.29 is 46.6 Å². The van der Waals surface area contributed by atoms with Crippen molar-refractivity contribution in [3.05, 3.63) is 81.5 Å². The molecule has 1 aromatic heterocycles. The Morgan fingerprint density at radius 1 is 1.14 bits per heavy atom. The molecule has 0 saturated carbocycles. The summed E-state index contributed by atoms with van der Waals surface area (Å²) in [4.78, 5) is 7.17. The van der Waals surface area contributed by atoms with Crippen LogP contribution in [0.5, 0.6) is 0 Å². The summed E-state index contributed by atoms with van der Waals surface area (Å²) in [7, 11) is 0. The molecule has 224 valence electrons. The lowest BCUT2D eigenvalue weighted by molar-refractivity contribution is -0.539. The number of aromatic nitrogens is 3. The lowest BCUT2D eigenvalue weighted by atomic mass is 9.91. The van der Waals surface area contributed by atoms with Crippen molar-refractivity contribution in [2.75, 3.05) is 6.61 Å². The van der Waals surface area contributed by atoms with E-state index in [1.165, 1.54) is 31.3 Å². The molecule has 5 N–H and O–H groups in total. The van der Waals surface area contributed by atoms with Gasteiger partial charge in [0.25, 0.3) is 0 Å². The number of benzene rings is 2. The second kappa shape index (κ2) is 11.3. The summed E-state index contributed by atoms with van der Waals surface area (Å²) in [5.41, 5.74) is 4.64. The number of nitrogens with zero attached hydrogens (tertiary/aromatic N) is 3. The van der Waals surface area contributed by atoms with Crippen molar-refractivity contribution in [3.8, 4) is 5.69 Å². The van der Waals surface area contributed by atoms with Gasteiger partial charge in [-0.15, -0.1) is 0 Å². The first-order chi connectivity index (χ1) is 19.8. The Kier molecular flexibility index (Phi) is 8.11. The van der Waals surface area contributed by atoms with Crippen LogP contribution in [0.3, 0.4) is 0 Å². The molecule has 0 bridgehead atoms. The molecule has 9 nitrogen and oxygen atoms in total. The van der Waals surface area contributed by atoms with E-state index in [9.17, 15) is 32.2 Å². The Morgan fingerprint density at radius 3 is 2.57 bits per heavy atom. The molecule has 2 aromatic carbocycles. The van der Waals surface area contributed by atoms with Gasteiger partial charge in [-0.1, -0.05) is 17.7 Å². The molecule has 3 heterocycles. The topological polar surface area (TPSA) is 130 Å². The summed E-state index contributed by atoms with van der Waals surface area (Å²) in [5.74, 6) is -2.58. The van der Waals surface area contributed by atoms with Crippen molar-refractivity contribution in [2.24, 2.45) is 5.73 Å². The normalized spacial score (nSPS) is 26.7. The quantitative estimate of drug-likeness (QED) is 0.196. The van der Waals surface area contributed by atoms with Gasteiger partial charge in [-0.25, -0.2) is 23.4 Å². The summed E-state index contributed by atoms with van der Waals surface area (Å²) in [6, 6.07) is 4.80. The van der Waals surface area contributed by atoms with Crippen LogP contribution in [0.1, 0.15) is 34.4 Å². The summed E-state index contributed by atoms with van der Waals surface area (Å²) >= 11 is 5.65. The van der Waals surface area contributed by atoms with Gasteiger partial charge in [0, 0.05) is 11.8 Å². The number of nitrogens with two attached hydrogens (primary N) is 1. The van der Waals surface area contributed by atoms with Crippen molar-refractivity contribution in [1.29, 1.82) is 0 Å². The molecule has 2 aliphatic heterocycles. The average molecular weight is 615 g/mol. The number of hydrogen-bond donors (Lipinski definition) is 4. The second-order valence-electron chi connectivity index (χ2n) is 10.0. The number of aliphatic hydroxyl groups is 2. The van der Waals surface area contributed by atoms with Gasteiger partial charge in [-0.3, -0.25) is 0 Å². The fourth-order valence-electron chi connectivity index (χ4n) is 5.13. The van der Waals surface area contributed by atoms with E-state index in [1.54, 1.807) is 6.92 Å². The maximum absolute atomic E-state index is 14.6. The Bertz CT molecular complexity index is 1560. The monoisotopic (exact) mass is 614 g/mol. The SMILES string of the molecule is Cc1ccc(C(F)(F)F)c(-n2nc(C)nc2[C@@H]2OC3C(O)CO[C@@H]3C([NH+]=C/C(=C\N)c3ccc(Cl)c(F)c3F)C2O)c1. The van der Waals surface area contributed by atoms with E-state index in [0.717, 1.165) is 23.0 Å². The highest BCUT2D eigenvalue weighted by Crippen LogP contribution is 2.39. The van der Waals surface area contributed by atoms with Gasteiger partial charge in [0.05, 0.1) is 28.5 Å². The zero-order valence-corrected chi connectivity index (χ0v) is 22.9. The molecule has 2 aliphatic rings. The minimum atomic E-state index is -4.73. The minimum absolute atomic E-state index is 0.0120. The van der Waals surface area contributed by atoms with E-state index in [1.807, 2.05) is 0 Å². The number of allylic oxidation sites excluding steroid dienone is 1. The first-order valence-corrected chi connectivity index (χ1v) is 13.1. The van der Waals surface area contributed by atoms with Gasteiger partial charge >= 0.3 is 6.18 Å². The van der Waals surface area contributed by atoms with Crippen LogP contribution in [0, 0.1) is 25.5 Å². The number of aliphatic hydroxyl groups excluding tert-OH is 2. The molecule has 4 unspecified atom stereocenters. The van der Waals surface area contributed by atoms with E-state index >= 15 is 0 Å². The highest BCUT2D eigenvalue weighted by molar-refractivity contribution is 6.30. The van der Waals surface area contributed by atoms with E-state index in [-0.39, 0.29) is 35.1 Å². The molecule has 2 saturated heterocycles. The Morgan fingerprint density at radius 2 is 1.88 bits per heavy atom. The number of halogens is 6. The lowest BCUT2D eigenvalue weighted by Gasteiger charge is -2.37. The molecule has 42 heavy (non-hydrogen) atoms. The first-order valence-electron chi connectivity index (χ1n) is 12.7. The zero-order valence-electron chi connectivity index (χ0n) is 22.1. The van der Waals surface area contributed by atoms with Crippen LogP contribution < -0.4 is 10.7 Å². The number of ether oxygens (including phenoxy) is 2. The molecule has 2 fully saturated rings. The van der Waals surface area contributed by atoms with Crippen molar-refractivity contribution in [2.45, 2.75) is 56.6 Å². The molecule has 0 spiro atoms. The fourth-order valence-corrected chi connectivity index (χ4v) is 5.28. The third-order valence-corrected chi connectivity index (χ3v) is 7.43. The number of hydrogen-bond acceptors (Lipinski definition) is 7. The van der Waals surface area contributed by atoms with Crippen molar-refractivity contribution in [1.82, 2.24) is 14.8 Å². The molecular formula is C27H26ClF5N5O4+. The molecule has 0 amide bonds. The molecule has 3 aromatic rings. The maximum atomic E-state index is 14.6. The summed E-state index contributed by atoms with van der Waals surface area (Å²) in [6.07, 6.45) is -8.59. The Balaban J connectivity index is 1.57. The smallest absolute Gasteiger partial charge is 0.404 e. The second-order valence-corrected chi connectivity index (χ2v) is 10.4. The Labute approximate surface area is 241 Å². The number of aryl methyl sites for hydroxylation is 2. The zero-order chi connectivity index (χ0) is 30.5. The van der Waals surface area contributed by atoms with Crippen LogP contribution in [0.15, 0.2) is 36.5 Å². The highest BCUT2D eigenvalue weighted by atomic mass is 35.5. The van der Waals surface area contributed by atoms with E-state index in [4.69, 9.17) is 26.8 Å². The van der Waals surface area contributed by atoms with Crippen molar-refractivity contribution >= 4 is 23.4 Å². The van der Waals surface area contributed by atoms with Crippen molar-refractivity contribution in [3.63, 3.8) is 0 Å². The third-order valence-electron chi connectivity index (χ3n) is 7.13. The number of alkyl halides is 3. The Hall–Kier alpha value is -3.43. The van der Waals surface area contributed by atoms with Gasteiger partial charge in [-0.05, 0) is 43.7 Å². The predicted molar refractivity (Wildman–Crippen MR) is 140 cm³/mol. The van der Waals surface area contributed by atoms with Crippen LogP contribution >= 0.6 is 11.6 Å². The standard InChI is InChI=1S/C27H25ClF5N5O4/c1-11-3-5-15(27(31,32)33)17(7-11)38-26(36-12(2)37-38)25-22(40)21(24-23(42-25)18(39)10-41-24)35-9-13(8-34)14-4-6-16(28)20(30)19(14)29/h3-9,18,21-25,39-40H,10,34H2,1-2H3/p+1/b13-8+,35-9?/t18?,21?,22?,23?,24-,25-/m1/s1. The van der Waals surface area contributed by atoms with Gasteiger partial charge in [0.2, 0.25) is 6.04 Å². The number of fused-ring (bicyclic) bond motifs is 1. The summed E-state index contributed by atoms with van der Waals surface area (Å²) in [6.45, 7) is 2.92. The fraction of sp³-hybridized carbons (Fsp3) is 0.370. The van der Waals surface area contributed by atoms with Crippen LogP contribution in [-0.2, 0) is 15.7 Å². The van der Waals surface area contributed by atoms with Gasteiger partial charge in [0.15, 0.2) is 42.0 Å². The van der Waals surface area contributed by atoms with E-state index in [2.05, 4.69) is 15.1 Å². The third kappa shape index (κ3) is 5.40. The van der Waals surface area contributed by atoms with Crippen LogP contribution in [-0.4, -0.2) is 68.3 Å². The highest BCUT2D eigenvalue weighted by Gasteiger charge is 2.56. The van der Waals surface area contributed by atoms with Crippen LogP contribution in [0.4, 0.5) is 22.0 Å². The van der Waals surface area contributed by atoms with Gasteiger partial charge in [-0.2, -0.15) is 18.3 Å². The molecule has 15 heteroatoms. The van der Waals surface area contributed by atoms with Crippen LogP contribution in [0.25, 0.3) is 11.3 Å². The molecule has 5 rings (SSSR count). The maximum Gasteiger partial charge on any atom is 0.418 e. The number of rotatable bonds is 5. The van der Waals surface area contributed by atoms with E-state index < -0.39 is 65.0 Å². The first kappa shape index (κ1) is 30.0. The lowest BCUT2D eigenvalue weighted by Crippen LogP contribution is -2.86. The molecular weight excluding hydrogens is 589 g/mol. The largest absolute Gasteiger partial charge is 0.418 e. The molecule has 0 radical (unpaired) electrons.